The molecule has 1 saturated heterocycles. The van der Waals surface area contributed by atoms with Gasteiger partial charge >= 0.3 is 0 Å². The van der Waals surface area contributed by atoms with Gasteiger partial charge in [-0.1, -0.05) is 12.8 Å². The molecule has 2 rings (SSSR count). The molecule has 0 aromatic rings. The van der Waals surface area contributed by atoms with E-state index in [1.807, 2.05) is 0 Å². The minimum Gasteiger partial charge on any atom is -0.358 e. The number of hydrogen-bond acceptors (Lipinski definition) is 3. The summed E-state index contributed by atoms with van der Waals surface area (Å²) in [6.45, 7) is 1.04. The number of nitrogens with one attached hydrogen (secondary N) is 1. The predicted octanol–water partition coefficient (Wildman–Crippen LogP) is 0.467. The third-order valence-corrected chi connectivity index (χ3v) is 4.05. The Bertz CT molecular complexity index is 257. The number of carbonyl (C=O) groups is 1. The maximum atomic E-state index is 11.8. The number of carbonyl (C=O) groups excluding carboxylic acids is 1. The summed E-state index contributed by atoms with van der Waals surface area (Å²) in [5.74, 6) is 0.166. The normalized spacial score (nSPS) is 36.2. The van der Waals surface area contributed by atoms with Crippen LogP contribution in [0.15, 0.2) is 0 Å². The highest BCUT2D eigenvalue weighted by Gasteiger charge is 2.37. The number of rotatable bonds is 2. The van der Waals surface area contributed by atoms with Crippen LogP contribution >= 0.6 is 0 Å². The van der Waals surface area contributed by atoms with Crippen LogP contribution in [0.2, 0.25) is 0 Å². The molecule has 0 bridgehead atoms. The number of nitrogens with two attached hydrogens (primary N) is 1. The topological polar surface area (TPSA) is 58.4 Å². The lowest BCUT2D eigenvalue weighted by molar-refractivity contribution is -0.128. The first-order chi connectivity index (χ1) is 7.74. The van der Waals surface area contributed by atoms with Gasteiger partial charge in [-0.05, 0) is 32.2 Å². The molecular formula is C12H23N3O. The van der Waals surface area contributed by atoms with Crippen LogP contribution < -0.4 is 11.1 Å². The second kappa shape index (κ2) is 5.15. The van der Waals surface area contributed by atoms with Gasteiger partial charge in [0.1, 0.15) is 0 Å². The fraction of sp³-hybridized carbons (Fsp3) is 0.917. The zero-order valence-electron chi connectivity index (χ0n) is 10.1. The average Bonchev–Trinajstić information content (AvgIpc) is 2.74. The van der Waals surface area contributed by atoms with E-state index in [1.54, 1.807) is 7.05 Å². The lowest BCUT2D eigenvalue weighted by Gasteiger charge is -2.40. The van der Waals surface area contributed by atoms with Crippen LogP contribution in [0.5, 0.6) is 0 Å². The second-order valence-electron chi connectivity index (χ2n) is 5.03. The van der Waals surface area contributed by atoms with Gasteiger partial charge in [-0.15, -0.1) is 0 Å². The van der Waals surface area contributed by atoms with Gasteiger partial charge in [-0.2, -0.15) is 0 Å². The Morgan fingerprint density at radius 2 is 2.06 bits per heavy atom. The summed E-state index contributed by atoms with van der Waals surface area (Å²) >= 11 is 0. The lowest BCUT2D eigenvalue weighted by Crippen LogP contribution is -2.56. The third-order valence-electron chi connectivity index (χ3n) is 4.05. The number of likely N-dealkylation sites (tertiary alicyclic amines) is 1. The van der Waals surface area contributed by atoms with Gasteiger partial charge in [-0.25, -0.2) is 0 Å². The van der Waals surface area contributed by atoms with Crippen molar-refractivity contribution in [3.63, 3.8) is 0 Å². The van der Waals surface area contributed by atoms with E-state index in [9.17, 15) is 4.79 Å². The van der Waals surface area contributed by atoms with Crippen LogP contribution in [0.4, 0.5) is 0 Å². The van der Waals surface area contributed by atoms with E-state index in [0.29, 0.717) is 6.04 Å². The van der Waals surface area contributed by atoms with Crippen molar-refractivity contribution in [2.24, 2.45) is 5.73 Å². The van der Waals surface area contributed by atoms with E-state index >= 15 is 0 Å². The lowest BCUT2D eigenvalue weighted by atomic mass is 9.97. The van der Waals surface area contributed by atoms with Gasteiger partial charge < -0.3 is 11.1 Å². The number of piperidine rings is 1. The van der Waals surface area contributed by atoms with Crippen molar-refractivity contribution < 1.29 is 4.79 Å². The molecule has 4 nitrogen and oxygen atoms in total. The molecule has 16 heavy (non-hydrogen) atoms. The number of hydrogen-bond donors (Lipinski definition) is 2. The Balaban J connectivity index is 2.06. The minimum absolute atomic E-state index is 0.0629. The molecular weight excluding hydrogens is 202 g/mol. The number of amides is 1. The molecule has 0 aromatic carbocycles. The molecule has 2 aliphatic rings. The summed E-state index contributed by atoms with van der Waals surface area (Å²) in [6.07, 6.45) is 6.84. The molecule has 3 N–H and O–H groups in total. The van der Waals surface area contributed by atoms with E-state index < -0.39 is 0 Å². The zero-order valence-corrected chi connectivity index (χ0v) is 10.1. The van der Waals surface area contributed by atoms with Crippen LogP contribution in [0.1, 0.15) is 38.5 Å². The summed E-state index contributed by atoms with van der Waals surface area (Å²) in [6, 6.07) is 0.765. The fourth-order valence-electron chi connectivity index (χ4n) is 3.18. The summed E-state index contributed by atoms with van der Waals surface area (Å²) < 4.78 is 0. The first-order valence-electron chi connectivity index (χ1n) is 6.47. The SMILES string of the molecule is CNC(=O)C1CCCCN1C1CCCC1N. The average molecular weight is 225 g/mol. The number of likely N-dealkylation sites (N-methyl/N-ethyl adjacent to an activating group) is 1. The largest absolute Gasteiger partial charge is 0.358 e. The van der Waals surface area contributed by atoms with Gasteiger partial charge in [0.25, 0.3) is 0 Å². The van der Waals surface area contributed by atoms with Crippen molar-refractivity contribution in [2.75, 3.05) is 13.6 Å². The molecule has 4 heteroatoms. The summed E-state index contributed by atoms with van der Waals surface area (Å²) in [5.41, 5.74) is 6.14. The van der Waals surface area contributed by atoms with Crippen LogP contribution in [0, 0.1) is 0 Å². The maximum absolute atomic E-state index is 11.8. The molecule has 1 aliphatic carbocycles. The Kier molecular flexibility index (Phi) is 3.82. The predicted molar refractivity (Wildman–Crippen MR) is 64.0 cm³/mol. The standard InChI is InChI=1S/C12H23N3O/c1-14-12(16)11-6-2-3-8-15(11)10-7-4-5-9(10)13/h9-11H,2-8,13H2,1H3,(H,14,16). The molecule has 3 unspecified atom stereocenters. The molecule has 3 atom stereocenters. The van der Waals surface area contributed by atoms with Gasteiger partial charge in [-0.3, -0.25) is 9.69 Å². The van der Waals surface area contributed by atoms with Crippen LogP contribution in [-0.2, 0) is 4.79 Å². The molecule has 1 amide bonds. The number of nitrogens with zero attached hydrogens (tertiary/aromatic N) is 1. The zero-order chi connectivity index (χ0) is 11.5. The summed E-state index contributed by atoms with van der Waals surface area (Å²) in [5, 5.41) is 2.78. The quantitative estimate of drug-likeness (QED) is 0.718. The highest BCUT2D eigenvalue weighted by molar-refractivity contribution is 5.81. The Labute approximate surface area is 97.6 Å². The Morgan fingerprint density at radius 3 is 2.69 bits per heavy atom. The second-order valence-corrected chi connectivity index (χ2v) is 5.03. The highest BCUT2D eigenvalue weighted by atomic mass is 16.2. The van der Waals surface area contributed by atoms with Crippen molar-refractivity contribution in [3.05, 3.63) is 0 Å². The maximum Gasteiger partial charge on any atom is 0.237 e. The van der Waals surface area contributed by atoms with Crippen LogP contribution in [0.3, 0.4) is 0 Å². The third kappa shape index (κ3) is 2.23. The van der Waals surface area contributed by atoms with Gasteiger partial charge in [0.05, 0.1) is 6.04 Å². The summed E-state index contributed by atoms with van der Waals surface area (Å²) in [4.78, 5) is 14.2. The van der Waals surface area contributed by atoms with E-state index in [4.69, 9.17) is 5.73 Å². The molecule has 1 heterocycles. The van der Waals surface area contributed by atoms with Crippen LogP contribution in [0.25, 0.3) is 0 Å². The smallest absolute Gasteiger partial charge is 0.237 e. The van der Waals surface area contributed by atoms with Crippen molar-refractivity contribution in [1.82, 2.24) is 10.2 Å². The Morgan fingerprint density at radius 1 is 1.25 bits per heavy atom. The fourth-order valence-corrected chi connectivity index (χ4v) is 3.18. The van der Waals surface area contributed by atoms with Gasteiger partial charge in [0, 0.05) is 19.1 Å². The molecule has 1 aliphatic heterocycles. The molecule has 2 fully saturated rings. The van der Waals surface area contributed by atoms with Gasteiger partial charge in [0.2, 0.25) is 5.91 Å². The van der Waals surface area contributed by atoms with Crippen molar-refractivity contribution in [1.29, 1.82) is 0 Å². The van der Waals surface area contributed by atoms with E-state index in [2.05, 4.69) is 10.2 Å². The summed E-state index contributed by atoms with van der Waals surface area (Å²) in [7, 11) is 1.73. The van der Waals surface area contributed by atoms with E-state index in [0.717, 1.165) is 32.2 Å². The van der Waals surface area contributed by atoms with Crippen molar-refractivity contribution in [3.8, 4) is 0 Å². The first kappa shape index (κ1) is 11.9. The first-order valence-corrected chi connectivity index (χ1v) is 6.47. The van der Waals surface area contributed by atoms with Gasteiger partial charge in [0.15, 0.2) is 0 Å². The highest BCUT2D eigenvalue weighted by Crippen LogP contribution is 2.28. The molecule has 0 spiro atoms. The van der Waals surface area contributed by atoms with E-state index in [1.165, 1.54) is 12.8 Å². The molecule has 0 radical (unpaired) electrons. The molecule has 92 valence electrons. The minimum atomic E-state index is 0.0629. The molecule has 0 aromatic heterocycles. The van der Waals surface area contributed by atoms with Crippen molar-refractivity contribution >= 4 is 5.91 Å². The van der Waals surface area contributed by atoms with E-state index in [-0.39, 0.29) is 18.0 Å². The monoisotopic (exact) mass is 225 g/mol. The molecule has 1 saturated carbocycles. The van der Waals surface area contributed by atoms with Crippen LogP contribution in [-0.4, -0.2) is 42.5 Å². The van der Waals surface area contributed by atoms with Crippen molar-refractivity contribution in [2.45, 2.75) is 56.7 Å². The Hall–Kier alpha value is -0.610.